The first-order valence-corrected chi connectivity index (χ1v) is 7.86. The van der Waals surface area contributed by atoms with E-state index in [2.05, 4.69) is 10.6 Å². The number of carbonyl (C=O) groups is 2. The highest BCUT2D eigenvalue weighted by Crippen LogP contribution is 2.10. The number of piperazine rings is 1. The van der Waals surface area contributed by atoms with Crippen molar-refractivity contribution in [2.75, 3.05) is 26.2 Å². The van der Waals surface area contributed by atoms with Gasteiger partial charge in [0.25, 0.3) is 5.91 Å². The van der Waals surface area contributed by atoms with Gasteiger partial charge in [-0.3, -0.25) is 9.59 Å². The van der Waals surface area contributed by atoms with Crippen LogP contribution in [0.15, 0.2) is 24.3 Å². The molecule has 1 aromatic rings. The number of aryl methyl sites for hydroxylation is 1. The van der Waals surface area contributed by atoms with Crippen molar-refractivity contribution in [2.45, 2.75) is 26.8 Å². The van der Waals surface area contributed by atoms with E-state index >= 15 is 0 Å². The second-order valence-electron chi connectivity index (χ2n) is 6.14. The Morgan fingerprint density at radius 1 is 1.23 bits per heavy atom. The first-order valence-electron chi connectivity index (χ1n) is 7.86. The molecule has 1 aliphatic rings. The predicted molar refractivity (Wildman–Crippen MR) is 86.7 cm³/mol. The van der Waals surface area contributed by atoms with Crippen molar-refractivity contribution in [3.8, 4) is 0 Å². The van der Waals surface area contributed by atoms with Gasteiger partial charge < -0.3 is 15.5 Å². The van der Waals surface area contributed by atoms with Crippen molar-refractivity contribution >= 4 is 11.8 Å². The van der Waals surface area contributed by atoms with Crippen molar-refractivity contribution in [2.24, 2.45) is 5.92 Å². The fourth-order valence-corrected chi connectivity index (χ4v) is 2.61. The molecule has 1 atom stereocenters. The summed E-state index contributed by atoms with van der Waals surface area (Å²) in [5.74, 6) is -0.125. The largest absolute Gasteiger partial charge is 0.340 e. The molecule has 1 aromatic carbocycles. The smallest absolute Gasteiger partial charge is 0.251 e. The molecule has 120 valence electrons. The lowest BCUT2D eigenvalue weighted by atomic mass is 10.0. The van der Waals surface area contributed by atoms with Crippen LogP contribution >= 0.6 is 0 Å². The lowest BCUT2D eigenvalue weighted by Crippen LogP contribution is -2.55. The number of carbonyl (C=O) groups excluding carboxylic acids is 2. The molecule has 0 bridgehead atoms. The number of amides is 2. The van der Waals surface area contributed by atoms with Crippen LogP contribution in [0, 0.1) is 12.8 Å². The predicted octanol–water partition coefficient (Wildman–Crippen LogP) is 1.18. The first kappa shape index (κ1) is 16.5. The Hall–Kier alpha value is -1.88. The Morgan fingerprint density at radius 3 is 2.50 bits per heavy atom. The number of rotatable bonds is 4. The number of nitrogens with one attached hydrogen (secondary N) is 2. The van der Waals surface area contributed by atoms with E-state index in [4.69, 9.17) is 0 Å². The minimum Gasteiger partial charge on any atom is -0.340 e. The molecule has 5 nitrogen and oxygen atoms in total. The van der Waals surface area contributed by atoms with Gasteiger partial charge in [0.15, 0.2) is 0 Å². The van der Waals surface area contributed by atoms with Gasteiger partial charge in [-0.25, -0.2) is 0 Å². The summed E-state index contributed by atoms with van der Waals surface area (Å²) >= 11 is 0. The van der Waals surface area contributed by atoms with Gasteiger partial charge in [0, 0.05) is 31.7 Å². The van der Waals surface area contributed by atoms with Gasteiger partial charge in [0.05, 0.1) is 0 Å². The summed E-state index contributed by atoms with van der Waals surface area (Å²) in [7, 11) is 0. The van der Waals surface area contributed by atoms with E-state index < -0.39 is 6.04 Å². The quantitative estimate of drug-likeness (QED) is 0.878. The molecule has 0 aromatic heterocycles. The maximum Gasteiger partial charge on any atom is 0.251 e. The van der Waals surface area contributed by atoms with Crippen molar-refractivity contribution in [3.05, 3.63) is 35.4 Å². The van der Waals surface area contributed by atoms with Gasteiger partial charge in [0.1, 0.15) is 6.04 Å². The maximum atomic E-state index is 12.7. The summed E-state index contributed by atoms with van der Waals surface area (Å²) in [4.78, 5) is 26.9. The molecule has 1 fully saturated rings. The van der Waals surface area contributed by atoms with E-state index in [1.807, 2.05) is 43.9 Å². The second-order valence-corrected chi connectivity index (χ2v) is 6.14. The molecular weight excluding hydrogens is 278 g/mol. The van der Waals surface area contributed by atoms with Crippen molar-refractivity contribution in [3.63, 3.8) is 0 Å². The number of nitrogens with zero attached hydrogens (tertiary/aromatic N) is 1. The average Bonchev–Trinajstić information content (AvgIpc) is 2.52. The molecule has 1 unspecified atom stereocenters. The molecular formula is C17H25N3O2. The Labute approximate surface area is 132 Å². The molecule has 1 aliphatic heterocycles. The van der Waals surface area contributed by atoms with Crippen molar-refractivity contribution < 1.29 is 9.59 Å². The fraction of sp³-hybridized carbons (Fsp3) is 0.529. The lowest BCUT2D eigenvalue weighted by molar-refractivity contribution is -0.134. The van der Waals surface area contributed by atoms with E-state index in [0.717, 1.165) is 18.7 Å². The third-order valence-electron chi connectivity index (χ3n) is 3.93. The topological polar surface area (TPSA) is 61.4 Å². The molecule has 1 saturated heterocycles. The Kier molecular flexibility index (Phi) is 5.55. The van der Waals surface area contributed by atoms with Crippen LogP contribution in [0.25, 0.3) is 0 Å². The van der Waals surface area contributed by atoms with Crippen molar-refractivity contribution in [1.29, 1.82) is 0 Å². The van der Waals surface area contributed by atoms with Crippen LogP contribution in [0.2, 0.25) is 0 Å². The highest BCUT2D eigenvalue weighted by Gasteiger charge is 2.29. The Morgan fingerprint density at radius 2 is 1.91 bits per heavy atom. The molecule has 2 N–H and O–H groups in total. The number of hydrogen-bond donors (Lipinski definition) is 2. The summed E-state index contributed by atoms with van der Waals surface area (Å²) in [6.07, 6.45) is 0. The monoisotopic (exact) mass is 303 g/mol. The Bertz CT molecular complexity index is 536. The van der Waals surface area contributed by atoms with Crippen LogP contribution in [0.5, 0.6) is 0 Å². The minimum atomic E-state index is -0.480. The van der Waals surface area contributed by atoms with E-state index in [-0.39, 0.29) is 17.7 Å². The van der Waals surface area contributed by atoms with E-state index in [1.165, 1.54) is 0 Å². The van der Waals surface area contributed by atoms with Crippen LogP contribution in [0.4, 0.5) is 0 Å². The van der Waals surface area contributed by atoms with E-state index in [9.17, 15) is 9.59 Å². The van der Waals surface area contributed by atoms with Crippen molar-refractivity contribution in [1.82, 2.24) is 15.5 Å². The van der Waals surface area contributed by atoms with Gasteiger partial charge in [0.2, 0.25) is 5.91 Å². The molecule has 1 heterocycles. The number of hydrogen-bond acceptors (Lipinski definition) is 3. The molecule has 0 radical (unpaired) electrons. The third-order valence-corrected chi connectivity index (χ3v) is 3.93. The summed E-state index contributed by atoms with van der Waals surface area (Å²) in [5, 5.41) is 6.14. The summed E-state index contributed by atoms with van der Waals surface area (Å²) < 4.78 is 0. The molecule has 0 spiro atoms. The van der Waals surface area contributed by atoms with Crippen LogP contribution in [0.3, 0.4) is 0 Å². The highest BCUT2D eigenvalue weighted by molar-refractivity contribution is 5.97. The zero-order valence-corrected chi connectivity index (χ0v) is 13.6. The van der Waals surface area contributed by atoms with E-state index in [0.29, 0.717) is 18.7 Å². The molecule has 5 heteroatoms. The molecule has 2 rings (SSSR count). The van der Waals surface area contributed by atoms with Crippen LogP contribution in [-0.2, 0) is 4.79 Å². The highest BCUT2D eigenvalue weighted by atomic mass is 16.2. The van der Waals surface area contributed by atoms with Gasteiger partial charge in [-0.15, -0.1) is 0 Å². The maximum absolute atomic E-state index is 12.7. The number of benzene rings is 1. The second kappa shape index (κ2) is 7.40. The molecule has 0 saturated carbocycles. The third kappa shape index (κ3) is 4.07. The van der Waals surface area contributed by atoms with Crippen LogP contribution in [0.1, 0.15) is 29.8 Å². The lowest BCUT2D eigenvalue weighted by Gasteiger charge is -2.32. The minimum absolute atomic E-state index is 0.0116. The molecule has 22 heavy (non-hydrogen) atoms. The van der Waals surface area contributed by atoms with Gasteiger partial charge in [-0.05, 0) is 25.0 Å². The standard InChI is InChI=1S/C17H25N3O2/c1-12(2)15(17(22)20-9-7-18-8-10-20)19-16(21)14-6-4-5-13(3)11-14/h4-6,11-12,15,18H,7-10H2,1-3H3,(H,19,21). The molecule has 2 amide bonds. The SMILES string of the molecule is Cc1cccc(C(=O)NC(C(=O)N2CCNCC2)C(C)C)c1. The summed E-state index contributed by atoms with van der Waals surface area (Å²) in [5.41, 5.74) is 1.63. The molecule has 0 aliphatic carbocycles. The van der Waals surface area contributed by atoms with Gasteiger partial charge in [-0.1, -0.05) is 31.5 Å². The first-order chi connectivity index (χ1) is 10.5. The zero-order valence-electron chi connectivity index (χ0n) is 13.6. The summed E-state index contributed by atoms with van der Waals surface area (Å²) in [6.45, 7) is 8.88. The van der Waals surface area contributed by atoms with Gasteiger partial charge in [-0.2, -0.15) is 0 Å². The Balaban J connectivity index is 2.08. The van der Waals surface area contributed by atoms with Gasteiger partial charge >= 0.3 is 0 Å². The summed E-state index contributed by atoms with van der Waals surface area (Å²) in [6, 6.07) is 6.93. The van der Waals surface area contributed by atoms with Crippen LogP contribution in [-0.4, -0.2) is 48.9 Å². The zero-order chi connectivity index (χ0) is 16.1. The average molecular weight is 303 g/mol. The normalized spacial score (nSPS) is 16.5. The fourth-order valence-electron chi connectivity index (χ4n) is 2.61. The van der Waals surface area contributed by atoms with Crippen LogP contribution < -0.4 is 10.6 Å². The van der Waals surface area contributed by atoms with E-state index in [1.54, 1.807) is 6.07 Å².